The number of benzene rings is 1. The molecule has 0 radical (unpaired) electrons. The van der Waals surface area contributed by atoms with Crippen molar-refractivity contribution >= 4 is 0 Å². The number of hydrogen-bond donors (Lipinski definition) is 2. The average molecular weight is 239 g/mol. The smallest absolute Gasteiger partial charge is 0.115 e. The van der Waals surface area contributed by atoms with Crippen LogP contribution >= 0.6 is 0 Å². The van der Waals surface area contributed by atoms with Crippen LogP contribution in [0.5, 0.6) is 5.75 Å². The quantitative estimate of drug-likeness (QED) is 0.847. The number of aliphatic hydroxyl groups excluding tert-OH is 1. The number of rotatable bonds is 4. The van der Waals surface area contributed by atoms with Gasteiger partial charge in [-0.3, -0.25) is 0 Å². The first-order valence-electron chi connectivity index (χ1n) is 6.04. The topological polar surface area (TPSA) is 43.7 Å². The van der Waals surface area contributed by atoms with Crippen molar-refractivity contribution in [3.8, 4) is 5.75 Å². The van der Waals surface area contributed by atoms with Crippen LogP contribution in [0.2, 0.25) is 0 Å². The molecule has 98 valence electrons. The molecule has 0 aliphatic carbocycles. The molecule has 0 heterocycles. The van der Waals surface area contributed by atoms with E-state index in [9.17, 15) is 5.11 Å². The number of nitrogens with zero attached hydrogens (tertiary/aromatic N) is 1. The Bertz CT molecular complexity index is 275. The summed E-state index contributed by atoms with van der Waals surface area (Å²) in [5.74, 6) is 0.711. The number of para-hydroxylation sites is 1. The van der Waals surface area contributed by atoms with Gasteiger partial charge in [0.05, 0.1) is 6.10 Å². The van der Waals surface area contributed by atoms with Gasteiger partial charge in [-0.1, -0.05) is 32.0 Å². The molecule has 0 aromatic heterocycles. The van der Waals surface area contributed by atoms with Crippen LogP contribution in [-0.4, -0.2) is 41.9 Å². The van der Waals surface area contributed by atoms with E-state index in [1.54, 1.807) is 24.3 Å². The fourth-order valence-electron chi connectivity index (χ4n) is 1.53. The highest BCUT2D eigenvalue weighted by Crippen LogP contribution is 2.06. The molecule has 0 fully saturated rings. The third-order valence-electron chi connectivity index (χ3n) is 2.48. The summed E-state index contributed by atoms with van der Waals surface area (Å²) in [7, 11) is 4.05. The molecule has 17 heavy (non-hydrogen) atoms. The van der Waals surface area contributed by atoms with Gasteiger partial charge in [0, 0.05) is 6.54 Å². The summed E-state index contributed by atoms with van der Waals surface area (Å²) in [6, 6.07) is 8.71. The van der Waals surface area contributed by atoms with E-state index in [4.69, 9.17) is 5.11 Å². The standard InChI is InChI=1S/C8H19NO.C6H6O/c1-5-8(10)7(2)6-9(3)4;7-6-4-2-1-3-5-6/h7-8,10H,5-6H2,1-4H3;1-5,7H/t7-,8-;/m1./s1. The lowest BCUT2D eigenvalue weighted by Crippen LogP contribution is -2.28. The second kappa shape index (κ2) is 9.02. The number of aliphatic hydroxyl groups is 1. The molecule has 2 N–H and O–H groups in total. The van der Waals surface area contributed by atoms with Crippen molar-refractivity contribution in [2.45, 2.75) is 26.4 Å². The van der Waals surface area contributed by atoms with E-state index < -0.39 is 0 Å². The van der Waals surface area contributed by atoms with E-state index >= 15 is 0 Å². The van der Waals surface area contributed by atoms with E-state index in [2.05, 4.69) is 11.8 Å². The van der Waals surface area contributed by atoms with Crippen LogP contribution in [-0.2, 0) is 0 Å². The maximum Gasteiger partial charge on any atom is 0.115 e. The maximum atomic E-state index is 9.35. The minimum Gasteiger partial charge on any atom is -0.508 e. The van der Waals surface area contributed by atoms with E-state index in [-0.39, 0.29) is 6.10 Å². The molecular formula is C14H25NO2. The molecule has 1 aromatic rings. The van der Waals surface area contributed by atoms with Gasteiger partial charge in [0.15, 0.2) is 0 Å². The third-order valence-corrected chi connectivity index (χ3v) is 2.48. The maximum absolute atomic E-state index is 9.35. The Labute approximate surface area is 105 Å². The van der Waals surface area contributed by atoms with Gasteiger partial charge in [-0.2, -0.15) is 0 Å². The highest BCUT2D eigenvalue weighted by molar-refractivity contribution is 5.18. The molecular weight excluding hydrogens is 214 g/mol. The number of phenolic OH excluding ortho intramolecular Hbond substituents is 1. The summed E-state index contributed by atoms with van der Waals surface area (Å²) >= 11 is 0. The lowest BCUT2D eigenvalue weighted by atomic mass is 10.0. The summed E-state index contributed by atoms with van der Waals surface area (Å²) in [6.45, 7) is 5.06. The second-order valence-electron chi connectivity index (χ2n) is 4.55. The summed E-state index contributed by atoms with van der Waals surface area (Å²) in [6.07, 6.45) is 0.719. The monoisotopic (exact) mass is 239 g/mol. The first-order chi connectivity index (χ1) is 7.97. The molecule has 3 heteroatoms. The van der Waals surface area contributed by atoms with Gasteiger partial charge in [-0.25, -0.2) is 0 Å². The molecule has 0 bridgehead atoms. The fraction of sp³-hybridized carbons (Fsp3) is 0.571. The van der Waals surface area contributed by atoms with Gasteiger partial charge >= 0.3 is 0 Å². The molecule has 1 aromatic carbocycles. The van der Waals surface area contributed by atoms with Gasteiger partial charge in [0.2, 0.25) is 0 Å². The van der Waals surface area contributed by atoms with Crippen LogP contribution < -0.4 is 0 Å². The zero-order valence-corrected chi connectivity index (χ0v) is 11.3. The molecule has 3 nitrogen and oxygen atoms in total. The summed E-state index contributed by atoms with van der Waals surface area (Å²) in [5.41, 5.74) is 0. The van der Waals surface area contributed by atoms with Crippen LogP contribution in [0.3, 0.4) is 0 Å². The molecule has 0 amide bonds. The third kappa shape index (κ3) is 8.72. The van der Waals surface area contributed by atoms with Gasteiger partial charge in [0.1, 0.15) is 5.75 Å². The molecule has 0 spiro atoms. The highest BCUT2D eigenvalue weighted by Gasteiger charge is 2.11. The molecule has 0 saturated carbocycles. The van der Waals surface area contributed by atoms with Crippen molar-refractivity contribution in [2.75, 3.05) is 20.6 Å². The predicted octanol–water partition coefficient (Wildman–Crippen LogP) is 2.35. The van der Waals surface area contributed by atoms with Crippen LogP contribution in [0.1, 0.15) is 20.3 Å². The SMILES string of the molecule is CC[C@@H](O)[C@H](C)CN(C)C.Oc1ccccc1. The molecule has 0 aliphatic heterocycles. The van der Waals surface area contributed by atoms with Gasteiger partial charge < -0.3 is 15.1 Å². The highest BCUT2D eigenvalue weighted by atomic mass is 16.3. The Morgan fingerprint density at radius 1 is 1.18 bits per heavy atom. The molecule has 2 atom stereocenters. The Morgan fingerprint density at radius 3 is 2.00 bits per heavy atom. The lowest BCUT2D eigenvalue weighted by Gasteiger charge is -2.20. The van der Waals surface area contributed by atoms with Crippen molar-refractivity contribution in [1.29, 1.82) is 0 Å². The average Bonchev–Trinajstić information content (AvgIpc) is 2.29. The number of aromatic hydroxyl groups is 1. The van der Waals surface area contributed by atoms with Crippen molar-refractivity contribution in [1.82, 2.24) is 4.90 Å². The van der Waals surface area contributed by atoms with E-state index in [0.29, 0.717) is 11.7 Å². The minimum atomic E-state index is -0.137. The Balaban J connectivity index is 0.000000318. The second-order valence-corrected chi connectivity index (χ2v) is 4.55. The van der Waals surface area contributed by atoms with Crippen LogP contribution in [0.15, 0.2) is 30.3 Å². The zero-order valence-electron chi connectivity index (χ0n) is 11.3. The Hall–Kier alpha value is -1.06. The number of phenols is 1. The van der Waals surface area contributed by atoms with E-state index in [1.807, 2.05) is 27.1 Å². The van der Waals surface area contributed by atoms with Crippen molar-refractivity contribution < 1.29 is 10.2 Å². The summed E-state index contributed by atoms with van der Waals surface area (Å²) in [5, 5.41) is 18.0. The van der Waals surface area contributed by atoms with E-state index in [0.717, 1.165) is 13.0 Å². The normalized spacial score (nSPS) is 13.8. The molecule has 1 rings (SSSR count). The van der Waals surface area contributed by atoms with Crippen molar-refractivity contribution in [2.24, 2.45) is 5.92 Å². The van der Waals surface area contributed by atoms with Crippen LogP contribution in [0.25, 0.3) is 0 Å². The summed E-state index contributed by atoms with van der Waals surface area (Å²) < 4.78 is 0. The predicted molar refractivity (Wildman–Crippen MR) is 72.1 cm³/mol. The lowest BCUT2D eigenvalue weighted by molar-refractivity contribution is 0.0964. The van der Waals surface area contributed by atoms with Gasteiger partial charge in [-0.05, 0) is 38.6 Å². The van der Waals surface area contributed by atoms with E-state index in [1.165, 1.54) is 0 Å². The summed E-state index contributed by atoms with van der Waals surface area (Å²) in [4.78, 5) is 2.10. The molecule has 0 unspecified atom stereocenters. The Morgan fingerprint density at radius 2 is 1.71 bits per heavy atom. The van der Waals surface area contributed by atoms with Crippen molar-refractivity contribution in [3.05, 3.63) is 30.3 Å². The van der Waals surface area contributed by atoms with Crippen molar-refractivity contribution in [3.63, 3.8) is 0 Å². The van der Waals surface area contributed by atoms with Crippen LogP contribution in [0.4, 0.5) is 0 Å². The van der Waals surface area contributed by atoms with Gasteiger partial charge in [-0.15, -0.1) is 0 Å². The zero-order chi connectivity index (χ0) is 13.3. The van der Waals surface area contributed by atoms with Gasteiger partial charge in [0.25, 0.3) is 0 Å². The van der Waals surface area contributed by atoms with Crippen LogP contribution in [0, 0.1) is 5.92 Å². The largest absolute Gasteiger partial charge is 0.508 e. The first kappa shape index (κ1) is 15.9. The number of hydrogen-bond acceptors (Lipinski definition) is 3. The fourth-order valence-corrected chi connectivity index (χ4v) is 1.53. The molecule has 0 aliphatic rings. The minimum absolute atomic E-state index is 0.137. The Kier molecular flexibility index (Phi) is 8.46. The molecule has 0 saturated heterocycles. The first-order valence-corrected chi connectivity index (χ1v) is 6.04.